The monoisotopic (exact) mass is 435 g/mol. The smallest absolute Gasteiger partial charge is 0.266 e. The first kappa shape index (κ1) is 18.0. The van der Waals surface area contributed by atoms with Crippen molar-refractivity contribution in [3.05, 3.63) is 82.9 Å². The summed E-state index contributed by atoms with van der Waals surface area (Å²) >= 11 is 3.35. The first-order valence-corrected chi connectivity index (χ1v) is 9.19. The summed E-state index contributed by atoms with van der Waals surface area (Å²) < 4.78 is 2.22. The Hall–Kier alpha value is -3.39. The Kier molecular flexibility index (Phi) is 4.70. The zero-order valence-electron chi connectivity index (χ0n) is 14.8. The highest BCUT2D eigenvalue weighted by Crippen LogP contribution is 2.27. The second-order valence-electron chi connectivity index (χ2n) is 5.99. The van der Waals surface area contributed by atoms with Gasteiger partial charge in [0.25, 0.3) is 11.8 Å². The fourth-order valence-corrected chi connectivity index (χ4v) is 3.17. The number of carbonyl (C=O) groups is 2. The van der Waals surface area contributed by atoms with E-state index in [1.165, 1.54) is 6.33 Å². The molecule has 4 aromatic rings. The number of hydrogen-bond donors (Lipinski definition) is 0. The zero-order chi connectivity index (χ0) is 19.7. The number of benzene rings is 2. The Morgan fingerprint density at radius 2 is 1.43 bits per heavy atom. The van der Waals surface area contributed by atoms with Crippen LogP contribution in [0.25, 0.3) is 11.2 Å². The van der Waals surface area contributed by atoms with Crippen LogP contribution in [0.1, 0.15) is 20.7 Å². The number of anilines is 1. The van der Waals surface area contributed by atoms with Crippen LogP contribution in [-0.4, -0.2) is 31.3 Å². The van der Waals surface area contributed by atoms with E-state index < -0.39 is 11.8 Å². The van der Waals surface area contributed by atoms with Gasteiger partial charge in [0.15, 0.2) is 21.7 Å². The van der Waals surface area contributed by atoms with Gasteiger partial charge >= 0.3 is 0 Å². The molecule has 28 heavy (non-hydrogen) atoms. The summed E-state index contributed by atoms with van der Waals surface area (Å²) in [4.78, 5) is 40.5. The van der Waals surface area contributed by atoms with Crippen molar-refractivity contribution >= 4 is 44.7 Å². The lowest BCUT2D eigenvalue weighted by atomic mass is 10.1. The standard InChI is InChI=1S/C20H14BrN5O2/c1-25-16-15(24-20(25)21)17(23-12-22-16)26(18(27)13-8-4-2-5-9-13)19(28)14-10-6-3-7-11-14/h2-12H,1H3. The molecule has 0 N–H and O–H groups in total. The number of aromatic nitrogens is 4. The molecule has 0 fully saturated rings. The summed E-state index contributed by atoms with van der Waals surface area (Å²) in [7, 11) is 1.78. The molecule has 2 amide bonds. The number of carbonyl (C=O) groups excluding carboxylic acids is 2. The van der Waals surface area contributed by atoms with Gasteiger partial charge in [0.05, 0.1) is 0 Å². The fourth-order valence-electron chi connectivity index (χ4n) is 2.83. The maximum Gasteiger partial charge on any atom is 0.266 e. The molecular formula is C20H14BrN5O2. The van der Waals surface area contributed by atoms with Gasteiger partial charge in [-0.05, 0) is 40.2 Å². The lowest BCUT2D eigenvalue weighted by molar-refractivity contribution is 0.0897. The van der Waals surface area contributed by atoms with Gasteiger partial charge in [-0.25, -0.2) is 19.9 Å². The van der Waals surface area contributed by atoms with Crippen molar-refractivity contribution in [3.63, 3.8) is 0 Å². The second kappa shape index (κ2) is 7.32. The van der Waals surface area contributed by atoms with Crippen molar-refractivity contribution in [1.29, 1.82) is 0 Å². The van der Waals surface area contributed by atoms with Crippen LogP contribution < -0.4 is 4.90 Å². The van der Waals surface area contributed by atoms with E-state index in [1.807, 2.05) is 0 Å². The zero-order valence-corrected chi connectivity index (χ0v) is 16.4. The molecule has 0 radical (unpaired) electrons. The lowest BCUT2D eigenvalue weighted by Crippen LogP contribution is -2.38. The molecule has 4 rings (SSSR count). The molecular weight excluding hydrogens is 422 g/mol. The first-order valence-electron chi connectivity index (χ1n) is 8.39. The molecule has 2 aromatic heterocycles. The van der Waals surface area contributed by atoms with Gasteiger partial charge in [-0.3, -0.25) is 9.59 Å². The van der Waals surface area contributed by atoms with E-state index in [2.05, 4.69) is 30.9 Å². The Bertz CT molecular complexity index is 1120. The minimum absolute atomic E-state index is 0.133. The van der Waals surface area contributed by atoms with Crippen molar-refractivity contribution in [2.24, 2.45) is 7.05 Å². The van der Waals surface area contributed by atoms with Gasteiger partial charge in [-0.2, -0.15) is 0 Å². The van der Waals surface area contributed by atoms with Gasteiger partial charge in [0.1, 0.15) is 6.33 Å². The molecule has 0 spiro atoms. The lowest BCUT2D eigenvalue weighted by Gasteiger charge is -2.20. The van der Waals surface area contributed by atoms with Gasteiger partial charge in [-0.1, -0.05) is 36.4 Å². The third-order valence-electron chi connectivity index (χ3n) is 4.24. The molecule has 2 aromatic carbocycles. The Morgan fingerprint density at radius 1 is 0.893 bits per heavy atom. The van der Waals surface area contributed by atoms with Crippen LogP contribution in [0.3, 0.4) is 0 Å². The van der Waals surface area contributed by atoms with Crippen LogP contribution in [0.15, 0.2) is 71.7 Å². The highest BCUT2D eigenvalue weighted by molar-refractivity contribution is 9.10. The maximum atomic E-state index is 13.3. The molecule has 0 aliphatic rings. The van der Waals surface area contributed by atoms with E-state index in [-0.39, 0.29) is 5.82 Å². The normalized spacial score (nSPS) is 10.8. The number of rotatable bonds is 3. The van der Waals surface area contributed by atoms with E-state index in [1.54, 1.807) is 72.3 Å². The topological polar surface area (TPSA) is 81.0 Å². The molecule has 0 bridgehead atoms. The van der Waals surface area contributed by atoms with E-state index in [0.29, 0.717) is 27.0 Å². The van der Waals surface area contributed by atoms with Crippen LogP contribution in [0.2, 0.25) is 0 Å². The summed E-state index contributed by atoms with van der Waals surface area (Å²) in [5.74, 6) is -0.846. The molecule has 0 saturated heterocycles. The van der Waals surface area contributed by atoms with Crippen LogP contribution in [0, 0.1) is 0 Å². The molecule has 138 valence electrons. The maximum absolute atomic E-state index is 13.3. The van der Waals surface area contributed by atoms with Crippen LogP contribution in [0.5, 0.6) is 0 Å². The summed E-state index contributed by atoms with van der Waals surface area (Å²) in [6.45, 7) is 0. The molecule has 0 aliphatic carbocycles. The van der Waals surface area contributed by atoms with E-state index in [0.717, 1.165) is 4.90 Å². The Morgan fingerprint density at radius 3 is 1.96 bits per heavy atom. The SMILES string of the molecule is Cn1c(Br)nc2c(N(C(=O)c3ccccc3)C(=O)c3ccccc3)ncnc21. The molecule has 7 nitrogen and oxygen atoms in total. The largest absolute Gasteiger partial charge is 0.306 e. The van der Waals surface area contributed by atoms with Crippen molar-refractivity contribution in [1.82, 2.24) is 19.5 Å². The highest BCUT2D eigenvalue weighted by Gasteiger charge is 2.30. The van der Waals surface area contributed by atoms with Crippen LogP contribution in [0.4, 0.5) is 5.82 Å². The average Bonchev–Trinajstić information content (AvgIpc) is 3.04. The Labute approximate surface area is 168 Å². The van der Waals surface area contributed by atoms with Crippen molar-refractivity contribution in [3.8, 4) is 0 Å². The predicted molar refractivity (Wildman–Crippen MR) is 108 cm³/mol. The number of nitrogens with zero attached hydrogens (tertiary/aromatic N) is 5. The van der Waals surface area contributed by atoms with E-state index >= 15 is 0 Å². The number of aryl methyl sites for hydroxylation is 1. The van der Waals surface area contributed by atoms with Crippen LogP contribution in [-0.2, 0) is 7.05 Å². The van der Waals surface area contributed by atoms with Crippen molar-refractivity contribution in [2.75, 3.05) is 4.90 Å². The molecule has 0 aliphatic heterocycles. The van der Waals surface area contributed by atoms with Gasteiger partial charge < -0.3 is 4.57 Å². The first-order chi connectivity index (χ1) is 13.6. The van der Waals surface area contributed by atoms with Gasteiger partial charge in [-0.15, -0.1) is 0 Å². The molecule has 0 saturated carbocycles. The highest BCUT2D eigenvalue weighted by atomic mass is 79.9. The summed E-state index contributed by atoms with van der Waals surface area (Å²) in [5, 5.41) is 0. The average molecular weight is 436 g/mol. The number of imide groups is 1. The van der Waals surface area contributed by atoms with Crippen molar-refractivity contribution < 1.29 is 9.59 Å². The Balaban J connectivity index is 1.93. The summed E-state index contributed by atoms with van der Waals surface area (Å²) in [5.41, 5.74) is 1.59. The van der Waals surface area contributed by atoms with Crippen molar-refractivity contribution in [2.45, 2.75) is 0 Å². The molecule has 8 heteroatoms. The molecule has 0 atom stereocenters. The summed E-state index contributed by atoms with van der Waals surface area (Å²) in [6.07, 6.45) is 1.31. The van der Waals surface area contributed by atoms with Gasteiger partial charge in [0.2, 0.25) is 0 Å². The number of imidazole rings is 1. The predicted octanol–water partition coefficient (Wildman–Crippen LogP) is 3.61. The molecule has 2 heterocycles. The minimum Gasteiger partial charge on any atom is -0.306 e. The number of amides is 2. The second-order valence-corrected chi connectivity index (χ2v) is 6.70. The number of fused-ring (bicyclic) bond motifs is 1. The van der Waals surface area contributed by atoms with E-state index in [4.69, 9.17) is 0 Å². The van der Waals surface area contributed by atoms with Gasteiger partial charge in [0, 0.05) is 18.2 Å². The third-order valence-corrected chi connectivity index (χ3v) is 4.95. The molecule has 0 unspecified atom stereocenters. The van der Waals surface area contributed by atoms with Crippen LogP contribution >= 0.6 is 15.9 Å². The third kappa shape index (κ3) is 3.07. The minimum atomic E-state index is -0.490. The number of halogens is 1. The summed E-state index contributed by atoms with van der Waals surface area (Å²) in [6, 6.07) is 17.2. The van der Waals surface area contributed by atoms with E-state index in [9.17, 15) is 9.59 Å². The fraction of sp³-hybridized carbons (Fsp3) is 0.0500. The quantitative estimate of drug-likeness (QED) is 0.362. The number of hydrogen-bond acceptors (Lipinski definition) is 5.